The highest BCUT2D eigenvalue weighted by atomic mass is 19.1. The Morgan fingerprint density at radius 3 is 2.48 bits per heavy atom. The first kappa shape index (κ1) is 14.1. The van der Waals surface area contributed by atoms with Crippen LogP contribution in [0.1, 0.15) is 24.6 Å². The van der Waals surface area contributed by atoms with Crippen molar-refractivity contribution in [3.05, 3.63) is 60.3 Å². The van der Waals surface area contributed by atoms with Gasteiger partial charge in [-0.15, -0.1) is 0 Å². The topological polar surface area (TPSA) is 53.6 Å². The lowest BCUT2D eigenvalue weighted by Gasteiger charge is -2.12. The van der Waals surface area contributed by atoms with Gasteiger partial charge in [-0.25, -0.2) is 4.39 Å². The molecular weight excluding hydrogens is 291 g/mol. The molecule has 0 unspecified atom stereocenters. The van der Waals surface area contributed by atoms with E-state index in [1.54, 1.807) is 24.5 Å². The Morgan fingerprint density at radius 1 is 1.00 bits per heavy atom. The second-order valence-corrected chi connectivity index (χ2v) is 5.75. The van der Waals surface area contributed by atoms with E-state index in [0.717, 1.165) is 47.5 Å². The van der Waals surface area contributed by atoms with Gasteiger partial charge in [-0.3, -0.25) is 10.1 Å². The maximum atomic E-state index is 13.2. The summed E-state index contributed by atoms with van der Waals surface area (Å²) in [5, 5.41) is 11.2. The number of hydrogen-bond donors (Lipinski definition) is 2. The summed E-state index contributed by atoms with van der Waals surface area (Å²) in [7, 11) is 0. The molecule has 1 aliphatic rings. The first-order chi connectivity index (χ1) is 11.3. The smallest absolute Gasteiger partial charge is 0.123 e. The fourth-order valence-electron chi connectivity index (χ4n) is 3.17. The molecule has 116 valence electrons. The largest absolute Gasteiger partial charge is 0.309 e. The molecule has 1 atom stereocenters. The SMILES string of the molecule is Fc1ccc(-c2n[nH]c([C@H]3CCCN3)c2-c2ccncc2)cc1. The van der Waals surface area contributed by atoms with Gasteiger partial charge in [-0.05, 0) is 61.3 Å². The number of nitrogens with zero attached hydrogens (tertiary/aromatic N) is 2. The van der Waals surface area contributed by atoms with Gasteiger partial charge in [-0.1, -0.05) is 0 Å². The van der Waals surface area contributed by atoms with E-state index in [0.29, 0.717) is 0 Å². The lowest BCUT2D eigenvalue weighted by molar-refractivity contribution is 0.626. The van der Waals surface area contributed by atoms with Gasteiger partial charge in [0.15, 0.2) is 0 Å². The molecule has 2 aromatic heterocycles. The zero-order chi connectivity index (χ0) is 15.6. The van der Waals surface area contributed by atoms with Crippen LogP contribution in [-0.4, -0.2) is 21.7 Å². The number of benzene rings is 1. The lowest BCUT2D eigenvalue weighted by Crippen LogP contribution is -2.14. The Kier molecular flexibility index (Phi) is 3.63. The second kappa shape index (κ2) is 5.93. The predicted octanol–water partition coefficient (Wildman–Crippen LogP) is 3.70. The van der Waals surface area contributed by atoms with E-state index in [9.17, 15) is 4.39 Å². The number of nitrogens with one attached hydrogen (secondary N) is 2. The van der Waals surface area contributed by atoms with Crippen molar-refractivity contribution in [2.45, 2.75) is 18.9 Å². The highest BCUT2D eigenvalue weighted by Gasteiger charge is 2.25. The number of pyridine rings is 1. The second-order valence-electron chi connectivity index (χ2n) is 5.75. The van der Waals surface area contributed by atoms with E-state index < -0.39 is 0 Å². The van der Waals surface area contributed by atoms with Gasteiger partial charge < -0.3 is 5.32 Å². The van der Waals surface area contributed by atoms with Crippen LogP contribution in [0.15, 0.2) is 48.8 Å². The van der Waals surface area contributed by atoms with E-state index in [-0.39, 0.29) is 11.9 Å². The van der Waals surface area contributed by atoms with E-state index in [4.69, 9.17) is 0 Å². The third-order valence-electron chi connectivity index (χ3n) is 4.29. The normalized spacial score (nSPS) is 17.5. The van der Waals surface area contributed by atoms with Crippen molar-refractivity contribution in [3.63, 3.8) is 0 Å². The number of hydrogen-bond acceptors (Lipinski definition) is 3. The monoisotopic (exact) mass is 308 g/mol. The molecule has 1 saturated heterocycles. The highest BCUT2D eigenvalue weighted by Crippen LogP contribution is 2.37. The summed E-state index contributed by atoms with van der Waals surface area (Å²) >= 11 is 0. The molecule has 4 nitrogen and oxygen atoms in total. The molecule has 23 heavy (non-hydrogen) atoms. The van der Waals surface area contributed by atoms with Gasteiger partial charge in [0.25, 0.3) is 0 Å². The van der Waals surface area contributed by atoms with Crippen LogP contribution in [0.4, 0.5) is 4.39 Å². The lowest BCUT2D eigenvalue weighted by atomic mass is 9.96. The molecule has 5 heteroatoms. The zero-order valence-electron chi connectivity index (χ0n) is 12.6. The highest BCUT2D eigenvalue weighted by molar-refractivity contribution is 5.82. The van der Waals surface area contributed by atoms with Crippen LogP contribution in [0.3, 0.4) is 0 Å². The molecule has 0 saturated carbocycles. The minimum atomic E-state index is -0.243. The van der Waals surface area contributed by atoms with Crippen molar-refractivity contribution < 1.29 is 4.39 Å². The summed E-state index contributed by atoms with van der Waals surface area (Å²) in [5.74, 6) is -0.243. The Labute approximate surface area is 133 Å². The first-order valence-corrected chi connectivity index (χ1v) is 7.81. The Morgan fingerprint density at radius 2 is 1.78 bits per heavy atom. The van der Waals surface area contributed by atoms with Crippen LogP contribution in [0.2, 0.25) is 0 Å². The molecule has 1 fully saturated rings. The molecule has 2 N–H and O–H groups in total. The summed E-state index contributed by atoms with van der Waals surface area (Å²) in [4.78, 5) is 4.10. The fraction of sp³-hybridized carbons (Fsp3) is 0.222. The third-order valence-corrected chi connectivity index (χ3v) is 4.29. The quantitative estimate of drug-likeness (QED) is 0.775. The molecule has 4 rings (SSSR count). The fourth-order valence-corrected chi connectivity index (χ4v) is 3.17. The molecular formula is C18H17FN4. The van der Waals surface area contributed by atoms with Gasteiger partial charge in [0.05, 0.1) is 5.69 Å². The minimum Gasteiger partial charge on any atom is -0.309 e. The Bertz CT molecular complexity index is 790. The molecule has 3 heterocycles. The Balaban J connectivity index is 1.87. The van der Waals surface area contributed by atoms with Crippen LogP contribution in [0.25, 0.3) is 22.4 Å². The maximum Gasteiger partial charge on any atom is 0.123 e. The van der Waals surface area contributed by atoms with Crippen molar-refractivity contribution in [2.24, 2.45) is 0 Å². The molecule has 0 amide bonds. The minimum absolute atomic E-state index is 0.243. The van der Waals surface area contributed by atoms with Crippen LogP contribution in [0, 0.1) is 5.82 Å². The van der Waals surface area contributed by atoms with Gasteiger partial charge in [0.1, 0.15) is 11.5 Å². The standard InChI is InChI=1S/C18H17FN4/c19-14-5-3-13(4-6-14)17-16(12-7-10-20-11-8-12)18(23-22-17)15-2-1-9-21-15/h3-8,10-11,15,21H,1-2,9H2,(H,22,23)/t15-/m1/s1. The van der Waals surface area contributed by atoms with Crippen molar-refractivity contribution in [1.82, 2.24) is 20.5 Å². The zero-order valence-corrected chi connectivity index (χ0v) is 12.6. The summed E-state index contributed by atoms with van der Waals surface area (Å²) in [6.07, 6.45) is 5.81. The number of halogens is 1. The van der Waals surface area contributed by atoms with Gasteiger partial charge in [0.2, 0.25) is 0 Å². The number of rotatable bonds is 3. The summed E-state index contributed by atoms with van der Waals surface area (Å²) in [5.41, 5.74) is 4.97. The van der Waals surface area contributed by atoms with Crippen molar-refractivity contribution in [1.29, 1.82) is 0 Å². The predicted molar refractivity (Wildman–Crippen MR) is 87.2 cm³/mol. The van der Waals surface area contributed by atoms with Crippen LogP contribution in [0.5, 0.6) is 0 Å². The third kappa shape index (κ3) is 2.64. The van der Waals surface area contributed by atoms with E-state index in [2.05, 4.69) is 20.5 Å². The van der Waals surface area contributed by atoms with Gasteiger partial charge >= 0.3 is 0 Å². The van der Waals surface area contributed by atoms with Crippen LogP contribution >= 0.6 is 0 Å². The molecule has 1 aliphatic heterocycles. The molecule has 0 spiro atoms. The molecule has 0 bridgehead atoms. The molecule has 3 aromatic rings. The van der Waals surface area contributed by atoms with Crippen LogP contribution in [-0.2, 0) is 0 Å². The maximum absolute atomic E-state index is 13.2. The number of H-pyrrole nitrogens is 1. The molecule has 0 aliphatic carbocycles. The van der Waals surface area contributed by atoms with E-state index in [1.807, 2.05) is 12.1 Å². The molecule has 1 aromatic carbocycles. The summed E-state index contributed by atoms with van der Waals surface area (Å²) in [6, 6.07) is 10.7. The van der Waals surface area contributed by atoms with Crippen molar-refractivity contribution in [3.8, 4) is 22.4 Å². The van der Waals surface area contributed by atoms with E-state index >= 15 is 0 Å². The van der Waals surface area contributed by atoms with Crippen molar-refractivity contribution in [2.75, 3.05) is 6.54 Å². The molecule has 0 radical (unpaired) electrons. The summed E-state index contributed by atoms with van der Waals surface area (Å²) in [6.45, 7) is 1.02. The average molecular weight is 308 g/mol. The van der Waals surface area contributed by atoms with Crippen molar-refractivity contribution >= 4 is 0 Å². The number of aromatic amines is 1. The van der Waals surface area contributed by atoms with Gasteiger partial charge in [-0.2, -0.15) is 5.10 Å². The average Bonchev–Trinajstić information content (AvgIpc) is 3.25. The summed E-state index contributed by atoms with van der Waals surface area (Å²) < 4.78 is 13.2. The van der Waals surface area contributed by atoms with Crippen LogP contribution < -0.4 is 5.32 Å². The van der Waals surface area contributed by atoms with E-state index in [1.165, 1.54) is 12.1 Å². The first-order valence-electron chi connectivity index (χ1n) is 7.81. The van der Waals surface area contributed by atoms with Gasteiger partial charge in [0, 0.05) is 29.6 Å². The Hall–Kier alpha value is -2.53. The number of aromatic nitrogens is 3.